The number of hydrogen-bond donors (Lipinski definition) is 1. The highest BCUT2D eigenvalue weighted by molar-refractivity contribution is 5.34. The maximum absolute atomic E-state index is 5.94. The Morgan fingerprint density at radius 1 is 1.07 bits per heavy atom. The molecule has 1 heterocycles. The molecule has 0 radical (unpaired) electrons. The first-order chi connectivity index (χ1) is 13.0. The van der Waals surface area contributed by atoms with E-state index in [1.54, 1.807) is 0 Å². The summed E-state index contributed by atoms with van der Waals surface area (Å²) in [5.41, 5.74) is 1.64. The topological polar surface area (TPSA) is 24.5 Å². The van der Waals surface area contributed by atoms with Crippen LogP contribution in [0.5, 0.6) is 11.5 Å². The van der Waals surface area contributed by atoms with Crippen molar-refractivity contribution in [2.75, 3.05) is 20.1 Å². The number of hydrogen-bond acceptors (Lipinski definition) is 3. The van der Waals surface area contributed by atoms with Gasteiger partial charge in [0.1, 0.15) is 11.5 Å². The Morgan fingerprint density at radius 2 is 1.74 bits per heavy atom. The van der Waals surface area contributed by atoms with Crippen molar-refractivity contribution in [3.05, 3.63) is 60.2 Å². The van der Waals surface area contributed by atoms with E-state index in [-0.39, 0.29) is 5.41 Å². The summed E-state index contributed by atoms with van der Waals surface area (Å²) < 4.78 is 5.94. The molecule has 1 fully saturated rings. The van der Waals surface area contributed by atoms with Crippen LogP contribution >= 0.6 is 0 Å². The van der Waals surface area contributed by atoms with Gasteiger partial charge in [-0.1, -0.05) is 57.5 Å². The molecule has 1 aliphatic heterocycles. The van der Waals surface area contributed by atoms with E-state index in [9.17, 15) is 0 Å². The first-order valence-corrected chi connectivity index (χ1v) is 10.3. The third kappa shape index (κ3) is 5.33. The van der Waals surface area contributed by atoms with Gasteiger partial charge in [0.2, 0.25) is 0 Å². The van der Waals surface area contributed by atoms with E-state index in [0.717, 1.165) is 24.5 Å². The highest BCUT2D eigenvalue weighted by Crippen LogP contribution is 2.32. The van der Waals surface area contributed by atoms with Gasteiger partial charge in [0.25, 0.3) is 0 Å². The van der Waals surface area contributed by atoms with Crippen molar-refractivity contribution in [1.82, 2.24) is 10.2 Å². The predicted octanol–water partition coefficient (Wildman–Crippen LogP) is 5.64. The number of rotatable bonds is 7. The lowest BCUT2D eigenvalue weighted by Crippen LogP contribution is -2.54. The molecule has 3 nitrogen and oxygen atoms in total. The third-order valence-corrected chi connectivity index (χ3v) is 5.66. The van der Waals surface area contributed by atoms with Crippen LogP contribution in [-0.4, -0.2) is 31.1 Å². The Hall–Kier alpha value is -1.84. The molecular weight excluding hydrogens is 332 g/mol. The summed E-state index contributed by atoms with van der Waals surface area (Å²) >= 11 is 0. The van der Waals surface area contributed by atoms with Gasteiger partial charge in [-0.25, -0.2) is 0 Å². The first kappa shape index (κ1) is 19.9. The lowest BCUT2D eigenvalue weighted by molar-refractivity contribution is 0.0882. The number of nitrogens with zero attached hydrogens (tertiary/aromatic N) is 1. The Bertz CT molecular complexity index is 696. The van der Waals surface area contributed by atoms with Crippen LogP contribution in [0.3, 0.4) is 0 Å². The fourth-order valence-corrected chi connectivity index (χ4v) is 4.20. The van der Waals surface area contributed by atoms with Gasteiger partial charge in [-0.05, 0) is 61.7 Å². The fraction of sp³-hybridized carbons (Fsp3) is 0.500. The Balaban J connectivity index is 1.69. The van der Waals surface area contributed by atoms with E-state index in [1.807, 2.05) is 30.3 Å². The van der Waals surface area contributed by atoms with E-state index in [2.05, 4.69) is 62.3 Å². The lowest BCUT2D eigenvalue weighted by atomic mass is 9.78. The van der Waals surface area contributed by atoms with Crippen molar-refractivity contribution in [1.29, 1.82) is 0 Å². The molecule has 0 aliphatic carbocycles. The van der Waals surface area contributed by atoms with Crippen LogP contribution in [0.25, 0.3) is 0 Å². The second-order valence-corrected chi connectivity index (χ2v) is 8.56. The second-order valence-electron chi connectivity index (χ2n) is 8.56. The summed E-state index contributed by atoms with van der Waals surface area (Å²) in [6.45, 7) is 9.36. The molecule has 146 valence electrons. The van der Waals surface area contributed by atoms with Crippen LogP contribution in [0.4, 0.5) is 0 Å². The smallest absolute Gasteiger partial charge is 0.127 e. The second kappa shape index (κ2) is 8.90. The molecule has 2 atom stereocenters. The monoisotopic (exact) mass is 366 g/mol. The number of nitrogens with one attached hydrogen (secondary N) is 1. The average Bonchev–Trinajstić information content (AvgIpc) is 2.64. The molecule has 1 N–H and O–H groups in total. The zero-order valence-corrected chi connectivity index (χ0v) is 17.2. The van der Waals surface area contributed by atoms with Crippen LogP contribution < -0.4 is 10.1 Å². The Morgan fingerprint density at radius 3 is 2.37 bits per heavy atom. The molecule has 0 saturated carbocycles. The summed E-state index contributed by atoms with van der Waals surface area (Å²) in [5, 5.41) is 3.99. The predicted molar refractivity (Wildman–Crippen MR) is 113 cm³/mol. The quantitative estimate of drug-likeness (QED) is 0.686. The molecular formula is C24H34N2O. The molecule has 0 spiro atoms. The number of likely N-dealkylation sites (tertiary alicyclic amines) is 1. The van der Waals surface area contributed by atoms with Gasteiger partial charge < -0.3 is 15.0 Å². The number of ether oxygens (including phenoxy) is 1. The molecule has 2 aromatic carbocycles. The minimum absolute atomic E-state index is 0.287. The van der Waals surface area contributed by atoms with Crippen LogP contribution in [0.1, 0.15) is 51.6 Å². The summed E-state index contributed by atoms with van der Waals surface area (Å²) in [6, 6.07) is 19.5. The zero-order chi connectivity index (χ0) is 19.3. The summed E-state index contributed by atoms with van der Waals surface area (Å²) in [5.74, 6) is 1.77. The number of piperidine rings is 1. The van der Waals surface area contributed by atoms with Crippen molar-refractivity contribution in [3.8, 4) is 11.5 Å². The van der Waals surface area contributed by atoms with Gasteiger partial charge in [0, 0.05) is 18.6 Å². The van der Waals surface area contributed by atoms with Crippen LogP contribution in [0.2, 0.25) is 0 Å². The van der Waals surface area contributed by atoms with Crippen LogP contribution in [-0.2, 0) is 0 Å². The molecule has 0 aromatic heterocycles. The van der Waals surface area contributed by atoms with Crippen molar-refractivity contribution in [2.45, 2.75) is 52.1 Å². The van der Waals surface area contributed by atoms with E-state index < -0.39 is 0 Å². The Labute approximate surface area is 164 Å². The third-order valence-electron chi connectivity index (χ3n) is 5.66. The molecule has 1 aliphatic rings. The maximum Gasteiger partial charge on any atom is 0.127 e. The molecule has 2 unspecified atom stereocenters. The molecule has 27 heavy (non-hydrogen) atoms. The van der Waals surface area contributed by atoms with Crippen molar-refractivity contribution in [2.24, 2.45) is 5.41 Å². The minimum Gasteiger partial charge on any atom is -0.457 e. The lowest BCUT2D eigenvalue weighted by Gasteiger charge is -2.45. The summed E-state index contributed by atoms with van der Waals surface area (Å²) in [4.78, 5) is 2.45. The van der Waals surface area contributed by atoms with E-state index >= 15 is 0 Å². The molecule has 2 aromatic rings. The normalized spacial score (nSPS) is 21.0. The highest BCUT2D eigenvalue weighted by Gasteiger charge is 2.35. The summed E-state index contributed by atoms with van der Waals surface area (Å²) in [6.07, 6.45) is 3.53. The van der Waals surface area contributed by atoms with Gasteiger partial charge in [0.05, 0.1) is 0 Å². The van der Waals surface area contributed by atoms with E-state index in [4.69, 9.17) is 4.74 Å². The van der Waals surface area contributed by atoms with Gasteiger partial charge in [0.15, 0.2) is 0 Å². The maximum atomic E-state index is 5.94. The fourth-order valence-electron chi connectivity index (χ4n) is 4.20. The molecule has 0 bridgehead atoms. The Kier molecular flexibility index (Phi) is 6.56. The van der Waals surface area contributed by atoms with Gasteiger partial charge in [-0.2, -0.15) is 0 Å². The highest BCUT2D eigenvalue weighted by atomic mass is 16.5. The first-order valence-electron chi connectivity index (χ1n) is 10.3. The standard InChI is InChI=1S/C24H34N2O/c1-5-9-22(25-23-16-17-26(4)18-24(23,2)3)19-12-14-21(15-13-19)27-20-10-7-6-8-11-20/h6-8,10-15,22-23,25H,5,9,16-18H2,1-4H3. The molecule has 0 amide bonds. The van der Waals surface area contributed by atoms with Gasteiger partial charge >= 0.3 is 0 Å². The van der Waals surface area contributed by atoms with Gasteiger partial charge in [-0.3, -0.25) is 0 Å². The zero-order valence-electron chi connectivity index (χ0n) is 17.2. The number of benzene rings is 2. The largest absolute Gasteiger partial charge is 0.457 e. The van der Waals surface area contributed by atoms with Crippen molar-refractivity contribution in [3.63, 3.8) is 0 Å². The SMILES string of the molecule is CCCC(NC1CCN(C)CC1(C)C)c1ccc(Oc2ccccc2)cc1. The van der Waals surface area contributed by atoms with Crippen molar-refractivity contribution < 1.29 is 4.74 Å². The minimum atomic E-state index is 0.287. The van der Waals surface area contributed by atoms with Crippen molar-refractivity contribution >= 4 is 0 Å². The molecule has 1 saturated heterocycles. The van der Waals surface area contributed by atoms with Gasteiger partial charge in [-0.15, -0.1) is 0 Å². The van der Waals surface area contributed by atoms with Crippen LogP contribution in [0, 0.1) is 5.41 Å². The number of para-hydroxylation sites is 1. The molecule has 3 rings (SSSR count). The molecule has 3 heteroatoms. The van der Waals surface area contributed by atoms with E-state index in [0.29, 0.717) is 12.1 Å². The van der Waals surface area contributed by atoms with Crippen LogP contribution in [0.15, 0.2) is 54.6 Å². The average molecular weight is 367 g/mol. The summed E-state index contributed by atoms with van der Waals surface area (Å²) in [7, 11) is 2.23. The van der Waals surface area contributed by atoms with E-state index in [1.165, 1.54) is 24.9 Å².